The fraction of sp³-hybridized carbons (Fsp3) is 0.208. The van der Waals surface area contributed by atoms with Gasteiger partial charge in [0.25, 0.3) is 0 Å². The minimum atomic E-state index is -3.39. The summed E-state index contributed by atoms with van der Waals surface area (Å²) in [7, 11) is 0.507. The highest BCUT2D eigenvalue weighted by molar-refractivity contribution is 7.92. The summed E-state index contributed by atoms with van der Waals surface area (Å²) in [6.07, 6.45) is 2.77. The second kappa shape index (κ2) is 10.1. The summed E-state index contributed by atoms with van der Waals surface area (Å²) >= 11 is 0. The number of pyridine rings is 1. The number of fused-ring (bicyclic) bond motifs is 1. The smallest absolute Gasteiger partial charge is 0.319 e. The maximum Gasteiger partial charge on any atom is 0.319 e. The normalized spacial score (nSPS) is 11.5. The van der Waals surface area contributed by atoms with Crippen molar-refractivity contribution >= 4 is 38.6 Å². The van der Waals surface area contributed by atoms with Crippen LogP contribution in [0.3, 0.4) is 0 Å². The van der Waals surface area contributed by atoms with Gasteiger partial charge in [0.05, 0.1) is 23.3 Å². The van der Waals surface area contributed by atoms with Gasteiger partial charge in [-0.3, -0.25) is 9.29 Å². The average molecular weight is 494 g/mol. The zero-order chi connectivity index (χ0) is 25.0. The Kier molecular flexibility index (Phi) is 6.99. The van der Waals surface area contributed by atoms with E-state index in [1.54, 1.807) is 29.1 Å². The van der Waals surface area contributed by atoms with Gasteiger partial charge >= 0.3 is 6.03 Å². The molecule has 2 heterocycles. The molecule has 10 nitrogen and oxygen atoms in total. The molecule has 0 aliphatic rings. The van der Waals surface area contributed by atoms with Gasteiger partial charge in [-0.25, -0.2) is 23.2 Å². The molecule has 3 N–H and O–H groups in total. The molecule has 0 radical (unpaired) electrons. The van der Waals surface area contributed by atoms with Crippen LogP contribution in [0.15, 0.2) is 67.0 Å². The Hall–Kier alpha value is -3.96. The highest BCUT2D eigenvalue weighted by Gasteiger charge is 2.11. The van der Waals surface area contributed by atoms with Crippen LogP contribution in [0, 0.1) is 0 Å². The molecular formula is C24H27N7O3S. The number of benzene rings is 2. The predicted molar refractivity (Wildman–Crippen MR) is 138 cm³/mol. The summed E-state index contributed by atoms with van der Waals surface area (Å²) in [6.45, 7) is 1.32. The van der Waals surface area contributed by atoms with E-state index < -0.39 is 10.0 Å². The maximum absolute atomic E-state index is 12.0. The number of hydrogen-bond donors (Lipinski definition) is 3. The molecule has 4 rings (SSSR count). The number of aromatic nitrogens is 3. The van der Waals surface area contributed by atoms with Crippen LogP contribution in [-0.4, -0.2) is 67.3 Å². The van der Waals surface area contributed by atoms with Gasteiger partial charge in [-0.1, -0.05) is 18.2 Å². The van der Waals surface area contributed by atoms with Crippen molar-refractivity contribution in [1.82, 2.24) is 24.8 Å². The molecule has 0 aliphatic carbocycles. The number of imidazole rings is 1. The van der Waals surface area contributed by atoms with E-state index in [0.29, 0.717) is 29.1 Å². The fourth-order valence-corrected chi connectivity index (χ4v) is 4.02. The van der Waals surface area contributed by atoms with Gasteiger partial charge < -0.3 is 15.5 Å². The third-order valence-corrected chi connectivity index (χ3v) is 5.71. The van der Waals surface area contributed by atoms with E-state index >= 15 is 0 Å². The molecule has 0 spiro atoms. The van der Waals surface area contributed by atoms with Crippen LogP contribution in [0.1, 0.15) is 0 Å². The maximum atomic E-state index is 12.0. The number of nitrogens with one attached hydrogen (secondary N) is 3. The summed E-state index contributed by atoms with van der Waals surface area (Å²) in [5, 5.41) is 5.63. The molecule has 0 saturated heterocycles. The van der Waals surface area contributed by atoms with Crippen molar-refractivity contribution in [2.75, 3.05) is 43.5 Å². The van der Waals surface area contributed by atoms with E-state index in [4.69, 9.17) is 4.98 Å². The highest BCUT2D eigenvalue weighted by atomic mass is 32.2. The molecule has 0 fully saturated rings. The van der Waals surface area contributed by atoms with Crippen molar-refractivity contribution in [3.8, 4) is 16.9 Å². The summed E-state index contributed by atoms with van der Waals surface area (Å²) in [5.74, 6) is 0. The number of urea groups is 1. The number of anilines is 2. The lowest BCUT2D eigenvalue weighted by Gasteiger charge is -2.11. The van der Waals surface area contributed by atoms with Crippen molar-refractivity contribution in [3.05, 3.63) is 67.0 Å². The molecule has 35 heavy (non-hydrogen) atoms. The predicted octanol–water partition coefficient (Wildman–Crippen LogP) is 3.14. The van der Waals surface area contributed by atoms with Gasteiger partial charge in [0, 0.05) is 24.3 Å². The molecule has 2 aromatic heterocycles. The number of amides is 2. The Morgan fingerprint density at radius 1 is 1.03 bits per heavy atom. The summed E-state index contributed by atoms with van der Waals surface area (Å²) in [6, 6.07) is 18.0. The zero-order valence-electron chi connectivity index (χ0n) is 19.7. The van der Waals surface area contributed by atoms with E-state index in [1.807, 2.05) is 61.5 Å². The zero-order valence-corrected chi connectivity index (χ0v) is 20.5. The number of rotatable bonds is 8. The lowest BCUT2D eigenvalue weighted by molar-refractivity contribution is 0.250. The number of carbonyl (C=O) groups is 1. The summed E-state index contributed by atoms with van der Waals surface area (Å²) in [5.41, 5.74) is 4.83. The van der Waals surface area contributed by atoms with Crippen molar-refractivity contribution < 1.29 is 13.2 Å². The van der Waals surface area contributed by atoms with Gasteiger partial charge in [-0.2, -0.15) is 0 Å². The second-order valence-electron chi connectivity index (χ2n) is 8.34. The SMILES string of the molecule is CN(C)CCNC(=O)Nc1ccc(-c2ccc3ncn(-c4cccc(NS(C)(=O)=O)c4)c3n2)cc1. The topological polar surface area (TPSA) is 121 Å². The van der Waals surface area contributed by atoms with E-state index in [0.717, 1.165) is 29.7 Å². The molecule has 4 aromatic rings. The third kappa shape index (κ3) is 6.34. The number of sulfonamides is 1. The first-order valence-electron chi connectivity index (χ1n) is 10.9. The molecule has 0 saturated carbocycles. The van der Waals surface area contributed by atoms with Crippen molar-refractivity contribution in [3.63, 3.8) is 0 Å². The Morgan fingerprint density at radius 3 is 2.51 bits per heavy atom. The average Bonchev–Trinajstić information content (AvgIpc) is 3.22. The van der Waals surface area contributed by atoms with Crippen LogP contribution >= 0.6 is 0 Å². The fourth-order valence-electron chi connectivity index (χ4n) is 3.47. The summed E-state index contributed by atoms with van der Waals surface area (Å²) in [4.78, 5) is 23.2. The first-order valence-corrected chi connectivity index (χ1v) is 12.8. The van der Waals surface area contributed by atoms with Crippen molar-refractivity contribution in [1.29, 1.82) is 0 Å². The van der Waals surface area contributed by atoms with Crippen LogP contribution in [0.4, 0.5) is 16.2 Å². The lowest BCUT2D eigenvalue weighted by atomic mass is 10.1. The van der Waals surface area contributed by atoms with Crippen LogP contribution in [0.25, 0.3) is 28.1 Å². The van der Waals surface area contributed by atoms with Crippen LogP contribution in [0.2, 0.25) is 0 Å². The van der Waals surface area contributed by atoms with E-state index in [2.05, 4.69) is 20.3 Å². The van der Waals surface area contributed by atoms with Gasteiger partial charge in [-0.05, 0) is 56.6 Å². The first-order chi connectivity index (χ1) is 16.7. The van der Waals surface area contributed by atoms with Gasteiger partial charge in [0.1, 0.15) is 11.8 Å². The number of hydrogen-bond acceptors (Lipinski definition) is 6. The number of carbonyl (C=O) groups excluding carboxylic acids is 1. The van der Waals surface area contributed by atoms with Crippen molar-refractivity contribution in [2.45, 2.75) is 0 Å². The molecule has 0 bridgehead atoms. The van der Waals surface area contributed by atoms with E-state index in [9.17, 15) is 13.2 Å². The Labute approximate surface area is 204 Å². The van der Waals surface area contributed by atoms with Crippen LogP contribution in [-0.2, 0) is 10.0 Å². The molecule has 182 valence electrons. The minimum absolute atomic E-state index is 0.254. The second-order valence-corrected chi connectivity index (χ2v) is 10.1. The highest BCUT2D eigenvalue weighted by Crippen LogP contribution is 2.25. The standard InChI is InChI=1S/C24H27N7O3S/c1-30(2)14-13-25-24(32)27-18-9-7-17(8-10-18)21-11-12-22-23(28-21)31(16-26-22)20-6-4-5-19(15-20)29-35(3,33)34/h4-12,15-16,29H,13-14H2,1-3H3,(H2,25,27,32). The lowest BCUT2D eigenvalue weighted by Crippen LogP contribution is -2.34. The molecule has 0 aliphatic heterocycles. The molecule has 2 aromatic carbocycles. The Morgan fingerprint density at radius 2 is 1.80 bits per heavy atom. The number of nitrogens with zero attached hydrogens (tertiary/aromatic N) is 4. The third-order valence-electron chi connectivity index (χ3n) is 5.11. The quantitative estimate of drug-likeness (QED) is 0.347. The van der Waals surface area contributed by atoms with Gasteiger partial charge in [0.2, 0.25) is 10.0 Å². The Bertz CT molecular complexity index is 1450. The minimum Gasteiger partial charge on any atom is -0.337 e. The van der Waals surface area contributed by atoms with Gasteiger partial charge in [-0.15, -0.1) is 0 Å². The van der Waals surface area contributed by atoms with E-state index in [1.165, 1.54) is 0 Å². The van der Waals surface area contributed by atoms with Gasteiger partial charge in [0.15, 0.2) is 5.65 Å². The molecular weight excluding hydrogens is 466 g/mol. The van der Waals surface area contributed by atoms with Crippen LogP contribution in [0.5, 0.6) is 0 Å². The van der Waals surface area contributed by atoms with Crippen molar-refractivity contribution in [2.24, 2.45) is 0 Å². The monoisotopic (exact) mass is 493 g/mol. The Balaban J connectivity index is 1.54. The molecule has 0 unspecified atom stereocenters. The van der Waals surface area contributed by atoms with E-state index in [-0.39, 0.29) is 6.03 Å². The number of likely N-dealkylation sites (N-methyl/N-ethyl adjacent to an activating group) is 1. The molecule has 0 atom stereocenters. The van der Waals surface area contributed by atoms with Crippen LogP contribution < -0.4 is 15.4 Å². The summed E-state index contributed by atoms with van der Waals surface area (Å²) < 4.78 is 27.5. The first kappa shape index (κ1) is 24.2. The largest absolute Gasteiger partial charge is 0.337 e. The molecule has 2 amide bonds. The molecule has 11 heteroatoms.